The number of ether oxygens (including phenoxy) is 3. The van der Waals surface area contributed by atoms with E-state index in [9.17, 15) is 14.9 Å². The molecule has 8 nitrogen and oxygen atoms in total. The summed E-state index contributed by atoms with van der Waals surface area (Å²) in [6.07, 6.45) is 0.742. The van der Waals surface area contributed by atoms with Crippen LogP contribution in [0.4, 0.5) is 11.4 Å². The lowest BCUT2D eigenvalue weighted by Gasteiger charge is -2.08. The molecule has 0 unspecified atom stereocenters. The zero-order valence-electron chi connectivity index (χ0n) is 14.6. The summed E-state index contributed by atoms with van der Waals surface area (Å²) < 4.78 is 15.5. The van der Waals surface area contributed by atoms with Gasteiger partial charge in [-0.2, -0.15) is 0 Å². The van der Waals surface area contributed by atoms with Crippen molar-refractivity contribution in [2.45, 2.75) is 12.8 Å². The molecule has 138 valence electrons. The highest BCUT2D eigenvalue weighted by Gasteiger charge is 2.16. The van der Waals surface area contributed by atoms with Crippen molar-refractivity contribution in [3.63, 3.8) is 0 Å². The first-order valence-electron chi connectivity index (χ1n) is 7.92. The lowest BCUT2D eigenvalue weighted by molar-refractivity contribution is -0.385. The van der Waals surface area contributed by atoms with Gasteiger partial charge in [0.2, 0.25) is 5.91 Å². The quantitative estimate of drug-likeness (QED) is 0.418. The molecule has 0 fully saturated rings. The standard InChI is InChI=1S/C18H20N2O6/c1-24-14-6-8-15(9-7-14)26-11-3-4-18(21)19-13-5-10-17(25-2)16(12-13)20(22)23/h5-10,12H,3-4,11H2,1-2H3,(H,19,21). The van der Waals surface area contributed by atoms with Crippen molar-refractivity contribution >= 4 is 17.3 Å². The summed E-state index contributed by atoms with van der Waals surface area (Å²) in [6, 6.07) is 11.4. The van der Waals surface area contributed by atoms with E-state index in [2.05, 4.69) is 5.32 Å². The first kappa shape index (κ1) is 19.0. The average Bonchev–Trinajstić information content (AvgIpc) is 2.65. The number of amides is 1. The molecule has 0 aliphatic carbocycles. The molecule has 0 aliphatic heterocycles. The highest BCUT2D eigenvalue weighted by Crippen LogP contribution is 2.29. The van der Waals surface area contributed by atoms with E-state index >= 15 is 0 Å². The number of nitrogens with one attached hydrogen (secondary N) is 1. The predicted molar refractivity (Wildman–Crippen MR) is 96.0 cm³/mol. The molecule has 26 heavy (non-hydrogen) atoms. The van der Waals surface area contributed by atoms with Crippen molar-refractivity contribution in [1.82, 2.24) is 0 Å². The molecular formula is C18H20N2O6. The number of carbonyl (C=O) groups excluding carboxylic acids is 1. The summed E-state index contributed by atoms with van der Waals surface area (Å²) in [7, 11) is 2.94. The number of methoxy groups -OCH3 is 2. The van der Waals surface area contributed by atoms with Gasteiger partial charge in [-0.1, -0.05) is 0 Å². The van der Waals surface area contributed by atoms with Gasteiger partial charge in [-0.25, -0.2) is 0 Å². The summed E-state index contributed by atoms with van der Waals surface area (Å²) in [5, 5.41) is 13.6. The van der Waals surface area contributed by atoms with Crippen LogP contribution in [0, 0.1) is 10.1 Å². The minimum atomic E-state index is -0.558. The van der Waals surface area contributed by atoms with Gasteiger partial charge >= 0.3 is 5.69 Å². The maximum absolute atomic E-state index is 12.0. The van der Waals surface area contributed by atoms with E-state index < -0.39 is 4.92 Å². The average molecular weight is 360 g/mol. The number of nitro groups is 1. The summed E-state index contributed by atoms with van der Waals surface area (Å²) >= 11 is 0. The molecule has 2 rings (SSSR count). The van der Waals surface area contributed by atoms with Crippen LogP contribution in [0.5, 0.6) is 17.2 Å². The third kappa shape index (κ3) is 5.37. The van der Waals surface area contributed by atoms with E-state index in [0.29, 0.717) is 24.5 Å². The maximum Gasteiger partial charge on any atom is 0.312 e. The van der Waals surface area contributed by atoms with E-state index in [0.717, 1.165) is 5.75 Å². The van der Waals surface area contributed by atoms with E-state index in [1.807, 2.05) is 0 Å². The van der Waals surface area contributed by atoms with E-state index in [-0.39, 0.29) is 23.8 Å². The SMILES string of the molecule is COc1ccc(OCCCC(=O)Nc2ccc(OC)c([N+](=O)[O-])c2)cc1. The Hall–Kier alpha value is -3.29. The third-order valence-corrected chi connectivity index (χ3v) is 3.54. The zero-order valence-corrected chi connectivity index (χ0v) is 14.6. The number of hydrogen-bond donors (Lipinski definition) is 1. The smallest absolute Gasteiger partial charge is 0.312 e. The first-order chi connectivity index (χ1) is 12.5. The Balaban J connectivity index is 1.79. The Labute approximate surface area is 150 Å². The van der Waals surface area contributed by atoms with Crippen LogP contribution in [0.15, 0.2) is 42.5 Å². The number of nitrogens with zero attached hydrogens (tertiary/aromatic N) is 1. The molecule has 0 saturated heterocycles. The topological polar surface area (TPSA) is 99.9 Å². The molecule has 0 bridgehead atoms. The number of nitro benzene ring substituents is 1. The van der Waals surface area contributed by atoms with Crippen LogP contribution >= 0.6 is 0 Å². The van der Waals surface area contributed by atoms with Crippen LogP contribution in [-0.2, 0) is 4.79 Å². The van der Waals surface area contributed by atoms with Crippen LogP contribution in [-0.4, -0.2) is 31.7 Å². The predicted octanol–water partition coefficient (Wildman–Crippen LogP) is 3.41. The molecule has 1 N–H and O–H groups in total. The summed E-state index contributed by atoms with van der Waals surface area (Å²) in [4.78, 5) is 22.4. The van der Waals surface area contributed by atoms with Gasteiger partial charge in [0.25, 0.3) is 0 Å². The molecule has 0 heterocycles. The molecule has 0 aromatic heterocycles. The number of anilines is 1. The number of benzene rings is 2. The molecule has 0 atom stereocenters. The summed E-state index contributed by atoms with van der Waals surface area (Å²) in [6.45, 7) is 0.377. The number of carbonyl (C=O) groups is 1. The molecule has 0 saturated carbocycles. The highest BCUT2D eigenvalue weighted by atomic mass is 16.6. The van der Waals surface area contributed by atoms with Gasteiger partial charge in [0, 0.05) is 18.2 Å². The van der Waals surface area contributed by atoms with Gasteiger partial charge in [-0.05, 0) is 42.8 Å². The second-order valence-corrected chi connectivity index (χ2v) is 5.32. The molecule has 0 radical (unpaired) electrons. The first-order valence-corrected chi connectivity index (χ1v) is 7.92. The Bertz CT molecular complexity index is 761. The molecular weight excluding hydrogens is 340 g/mol. The fourth-order valence-electron chi connectivity index (χ4n) is 2.23. The molecule has 2 aromatic rings. The molecule has 0 aliphatic rings. The fourth-order valence-corrected chi connectivity index (χ4v) is 2.23. The lowest BCUT2D eigenvalue weighted by atomic mass is 10.2. The largest absolute Gasteiger partial charge is 0.497 e. The van der Waals surface area contributed by atoms with E-state index in [1.54, 1.807) is 37.4 Å². The van der Waals surface area contributed by atoms with Gasteiger partial charge in [0.1, 0.15) is 11.5 Å². The minimum Gasteiger partial charge on any atom is -0.497 e. The third-order valence-electron chi connectivity index (χ3n) is 3.54. The van der Waals surface area contributed by atoms with Crippen molar-refractivity contribution in [2.24, 2.45) is 0 Å². The Morgan fingerprint density at radius 2 is 1.77 bits per heavy atom. The summed E-state index contributed by atoms with van der Waals surface area (Å²) in [5.74, 6) is 1.32. The van der Waals surface area contributed by atoms with Crippen molar-refractivity contribution < 1.29 is 23.9 Å². The van der Waals surface area contributed by atoms with E-state index in [1.165, 1.54) is 19.2 Å². The number of hydrogen-bond acceptors (Lipinski definition) is 6. The molecule has 8 heteroatoms. The normalized spacial score (nSPS) is 10.1. The lowest BCUT2D eigenvalue weighted by Crippen LogP contribution is -2.13. The van der Waals surface area contributed by atoms with Crippen molar-refractivity contribution in [3.8, 4) is 17.2 Å². The van der Waals surface area contributed by atoms with Crippen LogP contribution in [0.25, 0.3) is 0 Å². The second kappa shape index (κ2) is 9.26. The minimum absolute atomic E-state index is 0.140. The Morgan fingerprint density at radius 3 is 2.38 bits per heavy atom. The van der Waals surface area contributed by atoms with Crippen LogP contribution < -0.4 is 19.5 Å². The number of rotatable bonds is 9. The van der Waals surface area contributed by atoms with Gasteiger partial charge in [-0.3, -0.25) is 14.9 Å². The van der Waals surface area contributed by atoms with Crippen molar-refractivity contribution in [1.29, 1.82) is 0 Å². The van der Waals surface area contributed by atoms with Gasteiger partial charge in [0.05, 0.1) is 25.7 Å². The van der Waals surface area contributed by atoms with Crippen molar-refractivity contribution in [2.75, 3.05) is 26.1 Å². The maximum atomic E-state index is 12.0. The van der Waals surface area contributed by atoms with E-state index in [4.69, 9.17) is 14.2 Å². The highest BCUT2D eigenvalue weighted by molar-refractivity contribution is 5.91. The Morgan fingerprint density at radius 1 is 1.08 bits per heavy atom. The molecule has 0 spiro atoms. The molecule has 2 aromatic carbocycles. The van der Waals surface area contributed by atoms with Gasteiger partial charge < -0.3 is 19.5 Å². The Kier molecular flexibility index (Phi) is 6.78. The van der Waals surface area contributed by atoms with Gasteiger partial charge in [0.15, 0.2) is 5.75 Å². The van der Waals surface area contributed by atoms with Crippen LogP contribution in [0.2, 0.25) is 0 Å². The molecule has 1 amide bonds. The van der Waals surface area contributed by atoms with Crippen molar-refractivity contribution in [3.05, 3.63) is 52.6 Å². The van der Waals surface area contributed by atoms with Crippen LogP contribution in [0.3, 0.4) is 0 Å². The zero-order chi connectivity index (χ0) is 18.9. The monoisotopic (exact) mass is 360 g/mol. The summed E-state index contributed by atoms with van der Waals surface area (Å²) in [5.41, 5.74) is 0.145. The second-order valence-electron chi connectivity index (χ2n) is 5.32. The van der Waals surface area contributed by atoms with Crippen LogP contribution in [0.1, 0.15) is 12.8 Å². The fraction of sp³-hybridized carbons (Fsp3) is 0.278. The van der Waals surface area contributed by atoms with Gasteiger partial charge in [-0.15, -0.1) is 0 Å².